The Labute approximate surface area is 207 Å². The van der Waals surface area contributed by atoms with Crippen LogP contribution >= 0.6 is 22.6 Å². The molecule has 0 spiro atoms. The summed E-state index contributed by atoms with van der Waals surface area (Å²) in [6.45, 7) is 0.926. The second-order valence-electron chi connectivity index (χ2n) is 8.25. The van der Waals surface area contributed by atoms with Gasteiger partial charge >= 0.3 is 0 Å². The quantitative estimate of drug-likeness (QED) is 0.291. The van der Waals surface area contributed by atoms with Crippen LogP contribution in [0.2, 0.25) is 0 Å². The number of aromatic hydroxyl groups is 1. The van der Waals surface area contributed by atoms with Gasteiger partial charge in [-0.25, -0.2) is 13.2 Å². The summed E-state index contributed by atoms with van der Waals surface area (Å²) >= 11 is 1.92. The average Bonchev–Trinajstić information content (AvgIpc) is 2.76. The Morgan fingerprint density at radius 3 is 2.56 bits per heavy atom. The van der Waals surface area contributed by atoms with Crippen molar-refractivity contribution in [2.45, 2.75) is 12.1 Å². The van der Waals surface area contributed by atoms with Crippen molar-refractivity contribution in [3.8, 4) is 5.75 Å². The lowest BCUT2D eigenvalue weighted by Gasteiger charge is -2.43. The van der Waals surface area contributed by atoms with Gasteiger partial charge in [0.25, 0.3) is 5.91 Å². The zero-order valence-electron chi connectivity index (χ0n) is 17.8. The van der Waals surface area contributed by atoms with Gasteiger partial charge in [0.05, 0.1) is 36.6 Å². The summed E-state index contributed by atoms with van der Waals surface area (Å²) in [4.78, 5) is 14.4. The van der Waals surface area contributed by atoms with Crippen molar-refractivity contribution >= 4 is 39.9 Å². The normalized spacial score (nSPS) is 14.6. The molecule has 1 aliphatic rings. The highest BCUT2D eigenvalue weighted by molar-refractivity contribution is 14.1. The van der Waals surface area contributed by atoms with Crippen LogP contribution in [0.25, 0.3) is 0 Å². The third-order valence-corrected chi connectivity index (χ3v) is 6.16. The Morgan fingerprint density at radius 2 is 1.85 bits per heavy atom. The maximum Gasteiger partial charge on any atom is 0.256 e. The number of nitrogens with one attached hydrogen (secondary N) is 2. The predicted molar refractivity (Wildman–Crippen MR) is 131 cm³/mol. The Morgan fingerprint density at radius 1 is 1.09 bits per heavy atom. The molecule has 1 heterocycles. The molecule has 0 bridgehead atoms. The molecule has 0 atom stereocenters. The molecular formula is C24H22F3IN3O3+. The van der Waals surface area contributed by atoms with E-state index in [0.717, 1.165) is 17.7 Å². The fourth-order valence-electron chi connectivity index (χ4n) is 3.80. The molecule has 1 aliphatic heterocycles. The standard InChI is InChI=1S/C24H21F3IN3O3/c25-18-6-5-17(22(21(18)27)30-20-7-4-15(28)9-19(20)26)23(33)31-12-24(34,13-31)11-29-10-14-2-1-3-16(32)8-14/h1-9,29-30,32,34H,10-13H2/p+1. The molecule has 1 fully saturated rings. The summed E-state index contributed by atoms with van der Waals surface area (Å²) in [6, 6.07) is 13.0. The fourth-order valence-corrected chi connectivity index (χ4v) is 4.25. The second-order valence-corrected chi connectivity index (χ2v) is 9.49. The molecule has 34 heavy (non-hydrogen) atoms. The first-order chi connectivity index (χ1) is 16.1. The summed E-state index contributed by atoms with van der Waals surface area (Å²) in [6.07, 6.45) is 0. The highest BCUT2D eigenvalue weighted by Gasteiger charge is 2.48. The van der Waals surface area contributed by atoms with Crippen molar-refractivity contribution in [1.82, 2.24) is 10.2 Å². The lowest BCUT2D eigenvalue weighted by molar-refractivity contribution is -0.0787. The summed E-state index contributed by atoms with van der Waals surface area (Å²) in [5, 5.41) is 23.7. The minimum Gasteiger partial charge on any atom is -0.508 e. The van der Waals surface area contributed by atoms with Crippen molar-refractivity contribution in [3.63, 3.8) is 0 Å². The summed E-state index contributed by atoms with van der Waals surface area (Å²) in [5.74, 6) is -3.54. The van der Waals surface area contributed by atoms with E-state index < -0.39 is 34.6 Å². The molecule has 178 valence electrons. The van der Waals surface area contributed by atoms with E-state index in [0.29, 0.717) is 16.7 Å². The van der Waals surface area contributed by atoms with E-state index in [1.807, 2.05) is 28.7 Å². The monoisotopic (exact) mass is 584 g/mol. The molecule has 4 rings (SSSR count). The molecule has 0 aliphatic carbocycles. The highest BCUT2D eigenvalue weighted by Crippen LogP contribution is 2.31. The molecule has 0 aromatic heterocycles. The summed E-state index contributed by atoms with van der Waals surface area (Å²) in [5.41, 5.74) is -0.771. The van der Waals surface area contributed by atoms with Crippen molar-refractivity contribution < 1.29 is 28.2 Å². The van der Waals surface area contributed by atoms with E-state index in [1.165, 1.54) is 17.0 Å². The molecule has 3 aromatic rings. The number of carbonyl (C=O) groups excluding carboxylic acids is 1. The number of likely N-dealkylation sites (tertiary alicyclic amines) is 1. The molecule has 0 saturated carbocycles. The van der Waals surface area contributed by atoms with Gasteiger partial charge in [-0.3, -0.25) is 4.79 Å². The minimum atomic E-state index is -1.28. The number of phenolic OH excluding ortho intramolecular Hbond substituents is 1. The van der Waals surface area contributed by atoms with Gasteiger partial charge in [-0.1, -0.05) is 12.1 Å². The van der Waals surface area contributed by atoms with Gasteiger partial charge in [0.15, 0.2) is 11.6 Å². The molecule has 1 amide bonds. The van der Waals surface area contributed by atoms with Gasteiger partial charge in [0.1, 0.15) is 11.6 Å². The van der Waals surface area contributed by atoms with Gasteiger partial charge in [-0.05, 0) is 70.6 Å². The Balaban J connectivity index is 1.43. The van der Waals surface area contributed by atoms with Crippen LogP contribution in [0.3, 0.4) is 0 Å². The average molecular weight is 584 g/mol. The minimum absolute atomic E-state index is 0.0893. The van der Waals surface area contributed by atoms with Gasteiger partial charge < -0.3 is 25.7 Å². The van der Waals surface area contributed by atoms with Crippen LogP contribution < -0.4 is 10.6 Å². The van der Waals surface area contributed by atoms with Gasteiger partial charge in [-0.15, -0.1) is 0 Å². The maximum atomic E-state index is 14.6. The summed E-state index contributed by atoms with van der Waals surface area (Å²) < 4.78 is 43.4. The highest BCUT2D eigenvalue weighted by atomic mass is 127. The number of amides is 1. The number of carbonyl (C=O) groups is 1. The largest absolute Gasteiger partial charge is 0.508 e. The Bertz CT molecular complexity index is 1240. The third kappa shape index (κ3) is 5.29. The SMILES string of the molecule is O=C(c1ccc(F)c(F)c1Nc1ccc(I)cc1F)N1CC([OH2+])(CNCc2cccc(O)c2)C1. The Kier molecular flexibility index (Phi) is 7.01. The van der Waals surface area contributed by atoms with E-state index in [2.05, 4.69) is 10.6 Å². The first-order valence-corrected chi connectivity index (χ1v) is 11.5. The molecule has 6 nitrogen and oxygen atoms in total. The van der Waals surface area contributed by atoms with Gasteiger partial charge in [-0.2, -0.15) is 0 Å². The van der Waals surface area contributed by atoms with Crippen molar-refractivity contribution in [2.24, 2.45) is 0 Å². The number of phenols is 1. The van der Waals surface area contributed by atoms with E-state index in [-0.39, 0.29) is 30.1 Å². The fraction of sp³-hybridized carbons (Fsp3) is 0.208. The van der Waals surface area contributed by atoms with Crippen LogP contribution in [0.5, 0.6) is 5.75 Å². The van der Waals surface area contributed by atoms with Crippen LogP contribution in [0.1, 0.15) is 15.9 Å². The molecule has 1 saturated heterocycles. The Hall–Kier alpha value is -2.83. The van der Waals surface area contributed by atoms with Crippen LogP contribution in [-0.2, 0) is 6.54 Å². The van der Waals surface area contributed by atoms with Gasteiger partial charge in [0.2, 0.25) is 5.60 Å². The second kappa shape index (κ2) is 9.80. The number of rotatable bonds is 7. The number of hydrogen-bond donors (Lipinski definition) is 3. The lowest BCUT2D eigenvalue weighted by atomic mass is 9.92. The number of benzene rings is 3. The number of halogens is 4. The smallest absolute Gasteiger partial charge is 0.256 e. The molecule has 5 N–H and O–H groups in total. The molecule has 3 aromatic carbocycles. The molecule has 0 unspecified atom stereocenters. The number of anilines is 2. The first kappa shape index (κ1) is 24.3. The van der Waals surface area contributed by atoms with Crippen LogP contribution in [0, 0.1) is 21.0 Å². The molecule has 10 heteroatoms. The van der Waals surface area contributed by atoms with Crippen molar-refractivity contribution in [1.29, 1.82) is 0 Å². The maximum absolute atomic E-state index is 14.6. The van der Waals surface area contributed by atoms with Crippen LogP contribution in [0.4, 0.5) is 24.5 Å². The van der Waals surface area contributed by atoms with Crippen molar-refractivity contribution in [2.75, 3.05) is 25.0 Å². The van der Waals surface area contributed by atoms with E-state index >= 15 is 0 Å². The predicted octanol–water partition coefficient (Wildman–Crippen LogP) is 3.87. The van der Waals surface area contributed by atoms with Crippen LogP contribution in [0.15, 0.2) is 54.6 Å². The molecular weight excluding hydrogens is 562 g/mol. The lowest BCUT2D eigenvalue weighted by Crippen LogP contribution is -2.67. The molecule has 0 radical (unpaired) electrons. The summed E-state index contributed by atoms with van der Waals surface area (Å²) in [7, 11) is 0. The number of nitrogens with zero attached hydrogens (tertiary/aromatic N) is 1. The zero-order valence-corrected chi connectivity index (χ0v) is 20.0. The van der Waals surface area contributed by atoms with E-state index in [9.17, 15) is 23.1 Å². The van der Waals surface area contributed by atoms with Crippen molar-refractivity contribution in [3.05, 3.63) is 86.7 Å². The third-order valence-electron chi connectivity index (χ3n) is 5.49. The van der Waals surface area contributed by atoms with E-state index in [4.69, 9.17) is 5.11 Å². The first-order valence-electron chi connectivity index (χ1n) is 10.4. The number of hydrogen-bond acceptors (Lipinski definition) is 4. The van der Waals surface area contributed by atoms with Crippen LogP contribution in [-0.4, -0.2) is 46.3 Å². The zero-order chi connectivity index (χ0) is 24.5. The topological polar surface area (TPSA) is 87.5 Å². The van der Waals surface area contributed by atoms with Gasteiger partial charge in [0, 0.05) is 10.1 Å². The van der Waals surface area contributed by atoms with E-state index in [1.54, 1.807) is 24.3 Å².